The predicted molar refractivity (Wildman–Crippen MR) is 113 cm³/mol. The Morgan fingerprint density at radius 2 is 1.63 bits per heavy atom. The first kappa shape index (κ1) is 23.4. The number of Topliss-reactive ketones (excluding diaryl/α,β-unsaturated/α-hetero) is 1. The van der Waals surface area contributed by atoms with E-state index in [0.29, 0.717) is 17.7 Å². The molecule has 2 rings (SSSR count). The summed E-state index contributed by atoms with van der Waals surface area (Å²) in [6.07, 6.45) is 0.680. The Balaban J connectivity index is 2.69. The summed E-state index contributed by atoms with van der Waals surface area (Å²) in [7, 11) is 1.58. The highest BCUT2D eigenvalue weighted by Gasteiger charge is 2.52. The van der Waals surface area contributed by atoms with E-state index in [1.807, 2.05) is 24.0 Å². The van der Waals surface area contributed by atoms with Crippen LogP contribution < -0.4 is 9.64 Å². The third kappa shape index (κ3) is 4.50. The molecule has 1 unspecified atom stereocenters. The Morgan fingerprint density at radius 3 is 2.13 bits per heavy atom. The van der Waals surface area contributed by atoms with Crippen LogP contribution >= 0.6 is 0 Å². The maximum Gasteiger partial charge on any atom is 0.335 e. The second-order valence-electron chi connectivity index (χ2n) is 7.04. The SMILES string of the molecule is CCOC(=O)C1=C(CC)N(c2ccc(OC)cc2)CC(C(=O)CC)(C(=O)OCC)C1. The van der Waals surface area contributed by atoms with Gasteiger partial charge < -0.3 is 19.1 Å². The Bertz CT molecular complexity index is 813. The van der Waals surface area contributed by atoms with Gasteiger partial charge in [-0.1, -0.05) is 13.8 Å². The minimum Gasteiger partial charge on any atom is -0.497 e. The number of carbonyl (C=O) groups excluding carboxylic acids is 3. The van der Waals surface area contributed by atoms with Crippen LogP contribution in [-0.4, -0.2) is 44.6 Å². The summed E-state index contributed by atoms with van der Waals surface area (Å²) < 4.78 is 15.8. The lowest BCUT2D eigenvalue weighted by molar-refractivity contribution is -0.160. The largest absolute Gasteiger partial charge is 0.497 e. The van der Waals surface area contributed by atoms with E-state index >= 15 is 0 Å². The van der Waals surface area contributed by atoms with E-state index in [1.54, 1.807) is 40.0 Å². The quantitative estimate of drug-likeness (QED) is 0.448. The van der Waals surface area contributed by atoms with Crippen molar-refractivity contribution in [2.75, 3.05) is 31.8 Å². The van der Waals surface area contributed by atoms with E-state index in [4.69, 9.17) is 14.2 Å². The van der Waals surface area contributed by atoms with E-state index in [0.717, 1.165) is 11.4 Å². The topological polar surface area (TPSA) is 82.1 Å². The molecule has 1 heterocycles. The average molecular weight is 418 g/mol. The maximum absolute atomic E-state index is 13.1. The van der Waals surface area contributed by atoms with Crippen molar-refractivity contribution in [3.8, 4) is 5.75 Å². The molecule has 1 aliphatic heterocycles. The first-order valence-electron chi connectivity index (χ1n) is 10.4. The number of benzene rings is 1. The first-order chi connectivity index (χ1) is 14.4. The molecule has 0 fully saturated rings. The van der Waals surface area contributed by atoms with E-state index in [-0.39, 0.29) is 38.4 Å². The van der Waals surface area contributed by atoms with E-state index < -0.39 is 17.4 Å². The number of methoxy groups -OCH3 is 1. The molecule has 164 valence electrons. The molecule has 0 aliphatic carbocycles. The highest BCUT2D eigenvalue weighted by atomic mass is 16.5. The molecule has 1 aliphatic rings. The molecule has 0 spiro atoms. The van der Waals surface area contributed by atoms with Crippen LogP contribution in [0.25, 0.3) is 0 Å². The van der Waals surface area contributed by atoms with Crippen LogP contribution in [0.15, 0.2) is 35.5 Å². The van der Waals surface area contributed by atoms with Crippen molar-refractivity contribution in [1.82, 2.24) is 0 Å². The standard InChI is InChI=1S/C23H31NO6/c1-6-19-18(21(26)29-8-3)14-23(20(25)7-2,22(27)30-9-4)15-24(19)16-10-12-17(28-5)13-11-16/h10-13H,6-9,14-15H2,1-5H3. The molecule has 0 aromatic heterocycles. The normalized spacial score (nSPS) is 18.8. The van der Waals surface area contributed by atoms with Gasteiger partial charge in [0.2, 0.25) is 0 Å². The Labute approximate surface area is 178 Å². The highest BCUT2D eigenvalue weighted by Crippen LogP contribution is 2.42. The zero-order valence-corrected chi connectivity index (χ0v) is 18.4. The van der Waals surface area contributed by atoms with Crippen molar-refractivity contribution in [1.29, 1.82) is 0 Å². The lowest BCUT2D eigenvalue weighted by Crippen LogP contribution is -2.53. The van der Waals surface area contributed by atoms with Crippen molar-refractivity contribution in [3.05, 3.63) is 35.5 Å². The number of carbonyl (C=O) groups is 3. The van der Waals surface area contributed by atoms with E-state index in [1.165, 1.54) is 0 Å². The molecule has 0 radical (unpaired) electrons. The van der Waals surface area contributed by atoms with Crippen LogP contribution in [-0.2, 0) is 23.9 Å². The zero-order valence-electron chi connectivity index (χ0n) is 18.4. The molecular formula is C23H31NO6. The van der Waals surface area contributed by atoms with Gasteiger partial charge in [-0.3, -0.25) is 9.59 Å². The Kier molecular flexibility index (Phi) is 8.03. The third-order valence-electron chi connectivity index (χ3n) is 5.34. The summed E-state index contributed by atoms with van der Waals surface area (Å²) in [6.45, 7) is 7.54. The van der Waals surface area contributed by atoms with Crippen molar-refractivity contribution in [3.63, 3.8) is 0 Å². The van der Waals surface area contributed by atoms with Gasteiger partial charge in [0.15, 0.2) is 5.78 Å². The van der Waals surface area contributed by atoms with E-state index in [9.17, 15) is 14.4 Å². The van der Waals surface area contributed by atoms with Crippen molar-refractivity contribution >= 4 is 23.4 Å². The van der Waals surface area contributed by atoms with Crippen molar-refractivity contribution in [2.45, 2.75) is 47.0 Å². The number of allylic oxidation sites excluding steroid dienone is 1. The smallest absolute Gasteiger partial charge is 0.335 e. The van der Waals surface area contributed by atoms with Gasteiger partial charge in [-0.2, -0.15) is 0 Å². The highest BCUT2D eigenvalue weighted by molar-refractivity contribution is 6.07. The second kappa shape index (κ2) is 10.3. The molecule has 7 nitrogen and oxygen atoms in total. The first-order valence-corrected chi connectivity index (χ1v) is 10.4. The van der Waals surface area contributed by atoms with Crippen molar-refractivity contribution < 1.29 is 28.6 Å². The number of nitrogens with zero attached hydrogens (tertiary/aromatic N) is 1. The van der Waals surface area contributed by atoms with Gasteiger partial charge in [-0.25, -0.2) is 4.79 Å². The molecule has 0 saturated heterocycles. The number of anilines is 1. The maximum atomic E-state index is 13.1. The molecular weight excluding hydrogens is 386 g/mol. The monoisotopic (exact) mass is 417 g/mol. The summed E-state index contributed by atoms with van der Waals surface area (Å²) in [6, 6.07) is 7.29. The summed E-state index contributed by atoms with van der Waals surface area (Å²) in [5, 5.41) is 0. The molecule has 1 aromatic rings. The van der Waals surface area contributed by atoms with Gasteiger partial charge >= 0.3 is 11.9 Å². The van der Waals surface area contributed by atoms with Gasteiger partial charge in [0, 0.05) is 30.8 Å². The van der Waals surface area contributed by atoms with E-state index in [2.05, 4.69) is 0 Å². The van der Waals surface area contributed by atoms with Gasteiger partial charge in [-0.05, 0) is 44.5 Å². The minimum atomic E-state index is -1.47. The number of ketones is 1. The third-order valence-corrected chi connectivity index (χ3v) is 5.34. The summed E-state index contributed by atoms with van der Waals surface area (Å²) >= 11 is 0. The molecule has 1 aromatic carbocycles. The zero-order chi connectivity index (χ0) is 22.3. The number of ether oxygens (including phenoxy) is 3. The Morgan fingerprint density at radius 1 is 1.00 bits per heavy atom. The minimum absolute atomic E-state index is 0.0207. The molecule has 0 N–H and O–H groups in total. The molecule has 1 atom stereocenters. The lowest BCUT2D eigenvalue weighted by Gasteiger charge is -2.42. The molecule has 0 amide bonds. The van der Waals surface area contributed by atoms with Crippen LogP contribution in [0.2, 0.25) is 0 Å². The van der Waals surface area contributed by atoms with Crippen LogP contribution in [0.4, 0.5) is 5.69 Å². The summed E-state index contributed by atoms with van der Waals surface area (Å²) in [4.78, 5) is 40.8. The number of esters is 2. The fraction of sp³-hybridized carbons (Fsp3) is 0.522. The predicted octanol–water partition coefficient (Wildman–Crippen LogP) is 3.66. The van der Waals surface area contributed by atoms with Crippen LogP contribution in [0.3, 0.4) is 0 Å². The van der Waals surface area contributed by atoms with Gasteiger partial charge in [0.25, 0.3) is 0 Å². The number of hydrogen-bond acceptors (Lipinski definition) is 7. The van der Waals surface area contributed by atoms with Crippen molar-refractivity contribution in [2.24, 2.45) is 5.41 Å². The molecule has 7 heteroatoms. The molecule has 30 heavy (non-hydrogen) atoms. The lowest BCUT2D eigenvalue weighted by atomic mass is 9.72. The average Bonchev–Trinajstić information content (AvgIpc) is 2.77. The Hall–Kier alpha value is -2.83. The fourth-order valence-electron chi connectivity index (χ4n) is 3.85. The summed E-state index contributed by atoms with van der Waals surface area (Å²) in [5.41, 5.74) is 0.372. The van der Waals surface area contributed by atoms with Crippen LogP contribution in [0, 0.1) is 5.41 Å². The number of rotatable bonds is 9. The van der Waals surface area contributed by atoms with Gasteiger partial charge in [-0.15, -0.1) is 0 Å². The van der Waals surface area contributed by atoms with Gasteiger partial charge in [0.1, 0.15) is 11.2 Å². The second-order valence-corrected chi connectivity index (χ2v) is 7.04. The van der Waals surface area contributed by atoms with Crippen LogP contribution in [0.1, 0.15) is 47.0 Å². The number of hydrogen-bond donors (Lipinski definition) is 0. The van der Waals surface area contributed by atoms with Gasteiger partial charge in [0.05, 0.1) is 25.9 Å². The molecule has 0 bridgehead atoms. The summed E-state index contributed by atoms with van der Waals surface area (Å²) in [5.74, 6) is -0.682. The van der Waals surface area contributed by atoms with Crippen LogP contribution in [0.5, 0.6) is 5.75 Å². The fourth-order valence-corrected chi connectivity index (χ4v) is 3.85. The molecule has 0 saturated carbocycles.